The summed E-state index contributed by atoms with van der Waals surface area (Å²) in [5, 5.41) is 9.89. The van der Waals surface area contributed by atoms with Gasteiger partial charge in [0.25, 0.3) is 0 Å². The average Bonchev–Trinajstić information content (AvgIpc) is 2.94. The molecule has 2 rings (SSSR count). The van der Waals surface area contributed by atoms with Crippen LogP contribution in [0.4, 0.5) is 5.69 Å². The van der Waals surface area contributed by atoms with Gasteiger partial charge < -0.3 is 5.32 Å². The van der Waals surface area contributed by atoms with Crippen LogP contribution in [0.15, 0.2) is 42.7 Å². The SMILES string of the molecule is C#CCNCC(=O)Nc1ccccc1Cn1cccn1. The molecule has 0 unspecified atom stereocenters. The van der Waals surface area contributed by atoms with Gasteiger partial charge in [0.1, 0.15) is 0 Å². The fraction of sp³-hybridized carbons (Fsp3) is 0.200. The molecule has 0 spiro atoms. The summed E-state index contributed by atoms with van der Waals surface area (Å²) in [4.78, 5) is 11.8. The zero-order chi connectivity index (χ0) is 14.2. The number of carbonyl (C=O) groups is 1. The Morgan fingerprint density at radius 3 is 2.95 bits per heavy atom. The summed E-state index contributed by atoms with van der Waals surface area (Å²) in [5.74, 6) is 2.31. The van der Waals surface area contributed by atoms with Crippen molar-refractivity contribution < 1.29 is 4.79 Å². The van der Waals surface area contributed by atoms with Gasteiger partial charge in [0.2, 0.25) is 5.91 Å². The number of hydrogen-bond donors (Lipinski definition) is 2. The maximum absolute atomic E-state index is 11.8. The number of anilines is 1. The third-order valence-corrected chi connectivity index (χ3v) is 2.70. The normalized spacial score (nSPS) is 9.95. The number of terminal acetylenes is 1. The molecule has 2 N–H and O–H groups in total. The van der Waals surface area contributed by atoms with Crippen molar-refractivity contribution >= 4 is 11.6 Å². The highest BCUT2D eigenvalue weighted by molar-refractivity contribution is 5.93. The minimum absolute atomic E-state index is 0.117. The summed E-state index contributed by atoms with van der Waals surface area (Å²) in [7, 11) is 0. The molecule has 0 aliphatic rings. The highest BCUT2D eigenvalue weighted by atomic mass is 16.1. The molecule has 2 aromatic rings. The van der Waals surface area contributed by atoms with Crippen molar-refractivity contribution in [2.24, 2.45) is 0 Å². The smallest absolute Gasteiger partial charge is 0.238 e. The van der Waals surface area contributed by atoms with E-state index >= 15 is 0 Å². The van der Waals surface area contributed by atoms with Gasteiger partial charge in [-0.2, -0.15) is 5.10 Å². The largest absolute Gasteiger partial charge is 0.325 e. The number of amides is 1. The van der Waals surface area contributed by atoms with Crippen molar-refractivity contribution in [1.29, 1.82) is 0 Å². The highest BCUT2D eigenvalue weighted by Crippen LogP contribution is 2.15. The first kappa shape index (κ1) is 13.8. The minimum atomic E-state index is -0.117. The number of para-hydroxylation sites is 1. The predicted molar refractivity (Wildman–Crippen MR) is 78.1 cm³/mol. The van der Waals surface area contributed by atoms with E-state index in [1.165, 1.54) is 0 Å². The van der Waals surface area contributed by atoms with Crippen molar-refractivity contribution in [3.05, 3.63) is 48.3 Å². The molecule has 102 valence electrons. The standard InChI is InChI=1S/C15H16N4O/c1-2-8-16-11-15(20)18-14-7-4-3-6-13(14)12-19-10-5-9-17-19/h1,3-7,9-10,16H,8,11-12H2,(H,18,20). The van der Waals surface area contributed by atoms with Crippen molar-refractivity contribution in [2.75, 3.05) is 18.4 Å². The first-order chi connectivity index (χ1) is 9.79. The lowest BCUT2D eigenvalue weighted by Gasteiger charge is -2.11. The number of nitrogens with one attached hydrogen (secondary N) is 2. The van der Waals surface area contributed by atoms with Crippen LogP contribution in [0.5, 0.6) is 0 Å². The van der Waals surface area contributed by atoms with E-state index in [2.05, 4.69) is 21.7 Å². The molecule has 0 atom stereocenters. The monoisotopic (exact) mass is 268 g/mol. The molecule has 5 nitrogen and oxygen atoms in total. The van der Waals surface area contributed by atoms with E-state index in [4.69, 9.17) is 6.42 Å². The van der Waals surface area contributed by atoms with Gasteiger partial charge in [0, 0.05) is 18.1 Å². The van der Waals surface area contributed by atoms with Crippen LogP contribution < -0.4 is 10.6 Å². The fourth-order valence-electron chi connectivity index (χ4n) is 1.79. The van der Waals surface area contributed by atoms with Crippen LogP contribution in [0, 0.1) is 12.3 Å². The van der Waals surface area contributed by atoms with Crippen LogP contribution in [0.2, 0.25) is 0 Å². The first-order valence-corrected chi connectivity index (χ1v) is 6.29. The number of rotatable bonds is 6. The Morgan fingerprint density at radius 2 is 2.20 bits per heavy atom. The zero-order valence-electron chi connectivity index (χ0n) is 11.0. The highest BCUT2D eigenvalue weighted by Gasteiger charge is 2.06. The van der Waals surface area contributed by atoms with E-state index in [1.807, 2.05) is 41.2 Å². The Hall–Kier alpha value is -2.58. The molecule has 0 aliphatic carbocycles. The topological polar surface area (TPSA) is 59.0 Å². The molecule has 1 heterocycles. The third-order valence-electron chi connectivity index (χ3n) is 2.70. The summed E-state index contributed by atoms with van der Waals surface area (Å²) < 4.78 is 1.81. The van der Waals surface area contributed by atoms with Crippen molar-refractivity contribution in [2.45, 2.75) is 6.54 Å². The van der Waals surface area contributed by atoms with E-state index in [0.29, 0.717) is 13.1 Å². The van der Waals surface area contributed by atoms with E-state index in [-0.39, 0.29) is 12.5 Å². The third kappa shape index (κ3) is 3.97. The number of nitrogens with zero attached hydrogens (tertiary/aromatic N) is 2. The molecule has 1 aromatic carbocycles. The Kier molecular flexibility index (Phi) is 4.93. The van der Waals surface area contributed by atoms with Gasteiger partial charge in [-0.1, -0.05) is 24.1 Å². The second-order valence-corrected chi connectivity index (χ2v) is 4.22. The molecular formula is C15H16N4O. The number of benzene rings is 1. The molecular weight excluding hydrogens is 252 g/mol. The van der Waals surface area contributed by atoms with Crippen LogP contribution in [0.3, 0.4) is 0 Å². The summed E-state index contributed by atoms with van der Waals surface area (Å²) in [5.41, 5.74) is 1.79. The average molecular weight is 268 g/mol. The quantitative estimate of drug-likeness (QED) is 0.609. The fourth-order valence-corrected chi connectivity index (χ4v) is 1.79. The maximum Gasteiger partial charge on any atom is 0.238 e. The summed E-state index contributed by atoms with van der Waals surface area (Å²) in [6.07, 6.45) is 8.72. The zero-order valence-corrected chi connectivity index (χ0v) is 11.0. The Labute approximate surface area is 118 Å². The van der Waals surface area contributed by atoms with E-state index in [9.17, 15) is 4.79 Å². The molecule has 1 amide bonds. The lowest BCUT2D eigenvalue weighted by Crippen LogP contribution is -2.28. The van der Waals surface area contributed by atoms with Crippen LogP contribution in [0.1, 0.15) is 5.56 Å². The molecule has 0 radical (unpaired) electrons. The number of aromatic nitrogens is 2. The predicted octanol–water partition coefficient (Wildman–Crippen LogP) is 1.09. The van der Waals surface area contributed by atoms with Gasteiger partial charge in [-0.05, 0) is 17.7 Å². The van der Waals surface area contributed by atoms with Gasteiger partial charge in [0.05, 0.1) is 19.6 Å². The van der Waals surface area contributed by atoms with Gasteiger partial charge in [-0.3, -0.25) is 14.8 Å². The van der Waals surface area contributed by atoms with Crippen LogP contribution in [0.25, 0.3) is 0 Å². The molecule has 0 bridgehead atoms. The Morgan fingerprint density at radius 1 is 1.35 bits per heavy atom. The maximum atomic E-state index is 11.8. The van der Waals surface area contributed by atoms with Crippen molar-refractivity contribution in [1.82, 2.24) is 15.1 Å². The number of hydrogen-bond acceptors (Lipinski definition) is 3. The minimum Gasteiger partial charge on any atom is -0.325 e. The molecule has 5 heteroatoms. The summed E-state index contributed by atoms with van der Waals surface area (Å²) >= 11 is 0. The second-order valence-electron chi connectivity index (χ2n) is 4.22. The molecule has 0 saturated carbocycles. The van der Waals surface area contributed by atoms with Crippen LogP contribution >= 0.6 is 0 Å². The summed E-state index contributed by atoms with van der Waals surface area (Å²) in [6.45, 7) is 1.18. The lowest BCUT2D eigenvalue weighted by molar-refractivity contribution is -0.115. The van der Waals surface area contributed by atoms with E-state index in [1.54, 1.807) is 6.20 Å². The molecule has 1 aromatic heterocycles. The Bertz CT molecular complexity index is 599. The second kappa shape index (κ2) is 7.12. The van der Waals surface area contributed by atoms with Crippen LogP contribution in [-0.4, -0.2) is 28.8 Å². The Balaban J connectivity index is 2.01. The van der Waals surface area contributed by atoms with Gasteiger partial charge >= 0.3 is 0 Å². The first-order valence-electron chi connectivity index (χ1n) is 6.29. The van der Waals surface area contributed by atoms with Gasteiger partial charge in [0.15, 0.2) is 0 Å². The van der Waals surface area contributed by atoms with Gasteiger partial charge in [-0.15, -0.1) is 6.42 Å². The van der Waals surface area contributed by atoms with Crippen molar-refractivity contribution in [3.8, 4) is 12.3 Å². The summed E-state index contributed by atoms with van der Waals surface area (Å²) in [6, 6.07) is 9.52. The van der Waals surface area contributed by atoms with Crippen LogP contribution in [-0.2, 0) is 11.3 Å². The molecule has 20 heavy (non-hydrogen) atoms. The molecule has 0 saturated heterocycles. The number of carbonyl (C=O) groups excluding carboxylic acids is 1. The van der Waals surface area contributed by atoms with Crippen molar-refractivity contribution in [3.63, 3.8) is 0 Å². The van der Waals surface area contributed by atoms with E-state index in [0.717, 1.165) is 11.3 Å². The molecule has 0 fully saturated rings. The lowest BCUT2D eigenvalue weighted by atomic mass is 10.1. The molecule has 0 aliphatic heterocycles. The van der Waals surface area contributed by atoms with E-state index < -0.39 is 0 Å². The van der Waals surface area contributed by atoms with Gasteiger partial charge in [-0.25, -0.2) is 0 Å².